The number of benzene rings is 2. The molecule has 0 aliphatic carbocycles. The predicted molar refractivity (Wildman–Crippen MR) is 77.9 cm³/mol. The van der Waals surface area contributed by atoms with Crippen LogP contribution in [0.4, 0.5) is 0 Å². The standard InChI is InChI=1S/C17H17NO/c18-16(11-10-13-6-2-1-3-7-13)15-12-19-17-9-5-4-8-14(15)17/h1-9,12,16H,10-11,18H2. The number of para-hydroxylation sites is 1. The normalized spacial score (nSPS) is 12.7. The van der Waals surface area contributed by atoms with E-state index in [1.165, 1.54) is 5.56 Å². The number of rotatable bonds is 4. The highest BCUT2D eigenvalue weighted by atomic mass is 16.3. The molecule has 0 fully saturated rings. The summed E-state index contributed by atoms with van der Waals surface area (Å²) in [6.45, 7) is 0. The van der Waals surface area contributed by atoms with Gasteiger partial charge in [0.15, 0.2) is 0 Å². The lowest BCUT2D eigenvalue weighted by Crippen LogP contribution is -2.10. The van der Waals surface area contributed by atoms with E-state index in [9.17, 15) is 0 Å². The average Bonchev–Trinajstić information content (AvgIpc) is 2.90. The highest BCUT2D eigenvalue weighted by molar-refractivity contribution is 5.81. The molecule has 0 amide bonds. The Morgan fingerprint density at radius 3 is 2.53 bits per heavy atom. The third-order valence-electron chi connectivity index (χ3n) is 3.50. The van der Waals surface area contributed by atoms with Crippen molar-refractivity contribution < 1.29 is 4.42 Å². The molecule has 0 aliphatic rings. The van der Waals surface area contributed by atoms with E-state index in [0.717, 1.165) is 29.4 Å². The molecule has 1 heterocycles. The molecular weight excluding hydrogens is 234 g/mol. The van der Waals surface area contributed by atoms with Crippen molar-refractivity contribution in [3.8, 4) is 0 Å². The molecule has 3 aromatic rings. The first-order valence-electron chi connectivity index (χ1n) is 6.60. The molecule has 1 atom stereocenters. The van der Waals surface area contributed by atoms with E-state index in [4.69, 9.17) is 10.2 Å². The second-order valence-corrected chi connectivity index (χ2v) is 4.82. The first-order chi connectivity index (χ1) is 9.34. The first-order valence-corrected chi connectivity index (χ1v) is 6.60. The van der Waals surface area contributed by atoms with E-state index in [-0.39, 0.29) is 6.04 Å². The minimum atomic E-state index is 0.0175. The smallest absolute Gasteiger partial charge is 0.134 e. The Hall–Kier alpha value is -2.06. The summed E-state index contributed by atoms with van der Waals surface area (Å²) in [6.07, 6.45) is 3.70. The Kier molecular flexibility index (Phi) is 3.34. The highest BCUT2D eigenvalue weighted by Crippen LogP contribution is 2.27. The fourth-order valence-corrected chi connectivity index (χ4v) is 2.41. The van der Waals surface area contributed by atoms with Crippen LogP contribution in [-0.4, -0.2) is 0 Å². The van der Waals surface area contributed by atoms with Gasteiger partial charge in [0.1, 0.15) is 5.58 Å². The van der Waals surface area contributed by atoms with Gasteiger partial charge in [-0.3, -0.25) is 0 Å². The Balaban J connectivity index is 1.75. The molecule has 0 saturated carbocycles. The van der Waals surface area contributed by atoms with Crippen LogP contribution in [0, 0.1) is 0 Å². The van der Waals surface area contributed by atoms with E-state index in [0.29, 0.717) is 0 Å². The molecule has 0 saturated heterocycles. The van der Waals surface area contributed by atoms with Gasteiger partial charge in [-0.15, -0.1) is 0 Å². The third-order valence-corrected chi connectivity index (χ3v) is 3.50. The minimum absolute atomic E-state index is 0.0175. The van der Waals surface area contributed by atoms with Gasteiger partial charge >= 0.3 is 0 Å². The summed E-state index contributed by atoms with van der Waals surface area (Å²) in [7, 11) is 0. The number of aryl methyl sites for hydroxylation is 1. The molecular formula is C17H17NO. The zero-order valence-electron chi connectivity index (χ0n) is 10.8. The summed E-state index contributed by atoms with van der Waals surface area (Å²) in [6, 6.07) is 18.5. The Morgan fingerprint density at radius 1 is 0.947 bits per heavy atom. The number of hydrogen-bond acceptors (Lipinski definition) is 2. The van der Waals surface area contributed by atoms with Crippen molar-refractivity contribution in [2.75, 3.05) is 0 Å². The number of fused-ring (bicyclic) bond motifs is 1. The Morgan fingerprint density at radius 2 is 1.68 bits per heavy atom. The first kappa shape index (κ1) is 12.0. The van der Waals surface area contributed by atoms with Crippen molar-refractivity contribution in [2.24, 2.45) is 5.73 Å². The van der Waals surface area contributed by atoms with E-state index >= 15 is 0 Å². The topological polar surface area (TPSA) is 39.2 Å². The van der Waals surface area contributed by atoms with Crippen LogP contribution in [0.3, 0.4) is 0 Å². The zero-order chi connectivity index (χ0) is 13.1. The maximum Gasteiger partial charge on any atom is 0.134 e. The van der Waals surface area contributed by atoms with Crippen molar-refractivity contribution in [3.05, 3.63) is 72.0 Å². The number of furan rings is 1. The maximum absolute atomic E-state index is 6.29. The minimum Gasteiger partial charge on any atom is -0.464 e. The SMILES string of the molecule is NC(CCc1ccccc1)c1coc2ccccc12. The molecule has 0 spiro atoms. The van der Waals surface area contributed by atoms with Gasteiger partial charge < -0.3 is 10.2 Å². The molecule has 96 valence electrons. The Labute approximate surface area is 112 Å². The van der Waals surface area contributed by atoms with Crippen LogP contribution >= 0.6 is 0 Å². The van der Waals surface area contributed by atoms with E-state index in [1.54, 1.807) is 6.26 Å². The second kappa shape index (κ2) is 5.29. The van der Waals surface area contributed by atoms with E-state index in [2.05, 4.69) is 30.3 Å². The maximum atomic E-state index is 6.29. The molecule has 3 rings (SSSR count). The number of nitrogens with two attached hydrogens (primary N) is 1. The molecule has 1 aromatic heterocycles. The monoisotopic (exact) mass is 251 g/mol. The highest BCUT2D eigenvalue weighted by Gasteiger charge is 2.12. The van der Waals surface area contributed by atoms with Gasteiger partial charge in [0, 0.05) is 17.0 Å². The number of hydrogen-bond donors (Lipinski definition) is 1. The lowest BCUT2D eigenvalue weighted by Gasteiger charge is -2.10. The quantitative estimate of drug-likeness (QED) is 0.759. The molecule has 0 radical (unpaired) electrons. The van der Waals surface area contributed by atoms with Gasteiger partial charge in [0.05, 0.1) is 6.26 Å². The second-order valence-electron chi connectivity index (χ2n) is 4.82. The zero-order valence-corrected chi connectivity index (χ0v) is 10.8. The molecule has 2 nitrogen and oxygen atoms in total. The van der Waals surface area contributed by atoms with Crippen molar-refractivity contribution in [2.45, 2.75) is 18.9 Å². The summed E-state index contributed by atoms with van der Waals surface area (Å²) in [5, 5.41) is 1.13. The Bertz CT molecular complexity index is 657. The lowest BCUT2D eigenvalue weighted by molar-refractivity contribution is 0.589. The van der Waals surface area contributed by atoms with Crippen LogP contribution in [-0.2, 0) is 6.42 Å². The summed E-state index contributed by atoms with van der Waals surface area (Å²) in [5.41, 5.74) is 9.63. The van der Waals surface area contributed by atoms with E-state index in [1.807, 2.05) is 24.3 Å². The lowest BCUT2D eigenvalue weighted by atomic mass is 9.99. The summed E-state index contributed by atoms with van der Waals surface area (Å²) in [5.74, 6) is 0. The van der Waals surface area contributed by atoms with Crippen LogP contribution in [0.25, 0.3) is 11.0 Å². The van der Waals surface area contributed by atoms with Crippen molar-refractivity contribution in [1.82, 2.24) is 0 Å². The van der Waals surface area contributed by atoms with Gasteiger partial charge in [-0.25, -0.2) is 0 Å². The fourth-order valence-electron chi connectivity index (χ4n) is 2.41. The van der Waals surface area contributed by atoms with Crippen LogP contribution in [0.1, 0.15) is 23.6 Å². The van der Waals surface area contributed by atoms with Gasteiger partial charge in [-0.1, -0.05) is 48.5 Å². The van der Waals surface area contributed by atoms with Crippen LogP contribution in [0.2, 0.25) is 0 Å². The van der Waals surface area contributed by atoms with Crippen molar-refractivity contribution >= 4 is 11.0 Å². The van der Waals surface area contributed by atoms with Gasteiger partial charge in [0.25, 0.3) is 0 Å². The summed E-state index contributed by atoms with van der Waals surface area (Å²) in [4.78, 5) is 0. The molecule has 1 unspecified atom stereocenters. The molecule has 2 heteroatoms. The molecule has 2 N–H and O–H groups in total. The van der Waals surface area contributed by atoms with E-state index < -0.39 is 0 Å². The van der Waals surface area contributed by atoms with Crippen molar-refractivity contribution in [1.29, 1.82) is 0 Å². The molecule has 19 heavy (non-hydrogen) atoms. The summed E-state index contributed by atoms with van der Waals surface area (Å²) < 4.78 is 5.54. The van der Waals surface area contributed by atoms with Gasteiger partial charge in [-0.05, 0) is 24.5 Å². The molecule has 0 bridgehead atoms. The summed E-state index contributed by atoms with van der Waals surface area (Å²) >= 11 is 0. The average molecular weight is 251 g/mol. The van der Waals surface area contributed by atoms with Crippen LogP contribution in [0.15, 0.2) is 65.3 Å². The predicted octanol–water partition coefficient (Wildman–Crippen LogP) is 4.07. The van der Waals surface area contributed by atoms with Gasteiger partial charge in [-0.2, -0.15) is 0 Å². The molecule has 2 aromatic carbocycles. The van der Waals surface area contributed by atoms with Crippen LogP contribution < -0.4 is 5.73 Å². The molecule has 0 aliphatic heterocycles. The van der Waals surface area contributed by atoms with Crippen molar-refractivity contribution in [3.63, 3.8) is 0 Å². The largest absolute Gasteiger partial charge is 0.464 e. The van der Waals surface area contributed by atoms with Gasteiger partial charge in [0.2, 0.25) is 0 Å². The fraction of sp³-hybridized carbons (Fsp3) is 0.176. The van der Waals surface area contributed by atoms with Crippen LogP contribution in [0.5, 0.6) is 0 Å². The third kappa shape index (κ3) is 2.54.